The van der Waals surface area contributed by atoms with Gasteiger partial charge < -0.3 is 18.9 Å². The molecule has 1 aromatic heterocycles. The molecule has 0 radical (unpaired) electrons. The normalized spacial score (nSPS) is 11.9. The molecule has 0 aliphatic rings. The van der Waals surface area contributed by atoms with E-state index >= 15 is 0 Å². The third kappa shape index (κ3) is 3.87. The molecule has 2 aromatic rings. The summed E-state index contributed by atoms with van der Waals surface area (Å²) in [5.41, 5.74) is 1.83. The minimum absolute atomic E-state index is 0.520. The standard InChI is InChI=1S/C17H26N2O4S/c1-5-20-16(21-6-2)18-13-11-9-10-12-14(13)19(15(18)24)17(22-7-3)23-8-4/h9-12,16-17H,5-8H2,1-4H3. The first-order chi connectivity index (χ1) is 11.7. The Morgan fingerprint density at radius 3 is 1.38 bits per heavy atom. The summed E-state index contributed by atoms with van der Waals surface area (Å²) in [5, 5.41) is 0. The summed E-state index contributed by atoms with van der Waals surface area (Å²) in [5.74, 6) is 0. The van der Waals surface area contributed by atoms with Crippen LogP contribution in [0.5, 0.6) is 0 Å². The second kappa shape index (κ2) is 9.29. The van der Waals surface area contributed by atoms with Crippen molar-refractivity contribution < 1.29 is 18.9 Å². The highest BCUT2D eigenvalue weighted by atomic mass is 32.1. The van der Waals surface area contributed by atoms with Crippen LogP contribution >= 0.6 is 12.2 Å². The van der Waals surface area contributed by atoms with Crippen molar-refractivity contribution >= 4 is 23.3 Å². The van der Waals surface area contributed by atoms with Crippen molar-refractivity contribution in [3.63, 3.8) is 0 Å². The van der Waals surface area contributed by atoms with E-state index in [2.05, 4.69) is 0 Å². The van der Waals surface area contributed by atoms with Gasteiger partial charge in [0.25, 0.3) is 0 Å². The topological polar surface area (TPSA) is 46.8 Å². The molecule has 0 fully saturated rings. The number of ether oxygens (including phenoxy) is 4. The van der Waals surface area contributed by atoms with Gasteiger partial charge in [-0.15, -0.1) is 0 Å². The lowest BCUT2D eigenvalue weighted by Gasteiger charge is -2.20. The van der Waals surface area contributed by atoms with Crippen LogP contribution in [0.4, 0.5) is 0 Å². The molecule has 7 heteroatoms. The SMILES string of the molecule is CCOC(OCC)n1c(=S)n(C(OCC)OCC)c2ccccc21. The fourth-order valence-electron chi connectivity index (χ4n) is 2.57. The molecule has 0 aliphatic heterocycles. The first-order valence-corrected chi connectivity index (χ1v) is 8.78. The van der Waals surface area contributed by atoms with Gasteiger partial charge in [0.1, 0.15) is 0 Å². The minimum Gasteiger partial charge on any atom is -0.335 e. The zero-order valence-electron chi connectivity index (χ0n) is 14.7. The van der Waals surface area contributed by atoms with E-state index in [-0.39, 0.29) is 0 Å². The Kier molecular flexibility index (Phi) is 7.39. The molecule has 0 bridgehead atoms. The first-order valence-electron chi connectivity index (χ1n) is 8.37. The molecular formula is C17H26N2O4S. The van der Waals surface area contributed by atoms with E-state index in [4.69, 9.17) is 31.2 Å². The number of aromatic nitrogens is 2. The van der Waals surface area contributed by atoms with Crippen LogP contribution in [0.25, 0.3) is 11.0 Å². The lowest BCUT2D eigenvalue weighted by Crippen LogP contribution is -2.20. The number of hydrogen-bond donors (Lipinski definition) is 0. The van der Waals surface area contributed by atoms with Crippen LogP contribution in [0.15, 0.2) is 24.3 Å². The third-order valence-electron chi connectivity index (χ3n) is 3.47. The lowest BCUT2D eigenvalue weighted by atomic mass is 10.3. The number of para-hydroxylation sites is 2. The van der Waals surface area contributed by atoms with E-state index in [0.717, 1.165) is 11.0 Å². The Morgan fingerprint density at radius 1 is 0.750 bits per heavy atom. The number of hydrogen-bond acceptors (Lipinski definition) is 5. The van der Waals surface area contributed by atoms with Crippen LogP contribution in [0.2, 0.25) is 0 Å². The lowest BCUT2D eigenvalue weighted by molar-refractivity contribution is -0.193. The minimum atomic E-state index is -0.581. The van der Waals surface area contributed by atoms with Crippen LogP contribution in [0, 0.1) is 4.77 Å². The maximum absolute atomic E-state index is 5.75. The summed E-state index contributed by atoms with van der Waals surface area (Å²) in [4.78, 5) is 0. The molecule has 0 spiro atoms. The number of nitrogens with zero attached hydrogens (tertiary/aromatic N) is 2. The summed E-state index contributed by atoms with van der Waals surface area (Å²) < 4.78 is 27.3. The predicted octanol–water partition coefficient (Wildman–Crippen LogP) is 4.23. The molecule has 24 heavy (non-hydrogen) atoms. The van der Waals surface area contributed by atoms with E-state index < -0.39 is 12.8 Å². The van der Waals surface area contributed by atoms with Crippen molar-refractivity contribution in [2.45, 2.75) is 40.5 Å². The van der Waals surface area contributed by atoms with Crippen LogP contribution in [-0.2, 0) is 18.9 Å². The molecule has 1 aromatic carbocycles. The number of fused-ring (bicyclic) bond motifs is 1. The fourth-order valence-corrected chi connectivity index (χ4v) is 2.93. The van der Waals surface area contributed by atoms with Crippen molar-refractivity contribution in [2.75, 3.05) is 26.4 Å². The van der Waals surface area contributed by atoms with Crippen molar-refractivity contribution in [3.8, 4) is 0 Å². The van der Waals surface area contributed by atoms with Gasteiger partial charge in [-0.2, -0.15) is 0 Å². The summed E-state index contributed by atoms with van der Waals surface area (Å²) in [6.07, 6.45) is -1.16. The Hall–Kier alpha value is -1.25. The average Bonchev–Trinajstić information content (AvgIpc) is 2.86. The molecule has 0 atom stereocenters. The average molecular weight is 354 g/mol. The molecular weight excluding hydrogens is 328 g/mol. The molecule has 0 amide bonds. The number of rotatable bonds is 10. The molecule has 2 rings (SSSR count). The first kappa shape index (κ1) is 19.1. The molecule has 6 nitrogen and oxygen atoms in total. The summed E-state index contributed by atoms with van der Waals surface area (Å²) >= 11 is 5.71. The monoisotopic (exact) mass is 354 g/mol. The van der Waals surface area contributed by atoms with Gasteiger partial charge in [0.05, 0.1) is 11.0 Å². The van der Waals surface area contributed by atoms with Crippen molar-refractivity contribution in [3.05, 3.63) is 29.0 Å². The Balaban J connectivity index is 2.64. The van der Waals surface area contributed by atoms with Gasteiger partial charge >= 0.3 is 0 Å². The second-order valence-electron chi connectivity index (χ2n) is 4.95. The van der Waals surface area contributed by atoms with Gasteiger partial charge in [-0.05, 0) is 52.0 Å². The van der Waals surface area contributed by atoms with E-state index in [9.17, 15) is 0 Å². The molecule has 0 aliphatic carbocycles. The second-order valence-corrected chi connectivity index (χ2v) is 5.31. The number of benzene rings is 1. The Morgan fingerprint density at radius 2 is 1.08 bits per heavy atom. The smallest absolute Gasteiger partial charge is 0.246 e. The third-order valence-corrected chi connectivity index (χ3v) is 3.86. The van der Waals surface area contributed by atoms with Crippen molar-refractivity contribution in [2.24, 2.45) is 0 Å². The molecule has 0 unspecified atom stereocenters. The van der Waals surface area contributed by atoms with Gasteiger partial charge in [0.15, 0.2) is 4.77 Å². The highest BCUT2D eigenvalue weighted by Gasteiger charge is 2.23. The molecule has 0 saturated heterocycles. The van der Waals surface area contributed by atoms with E-state index in [1.807, 2.05) is 61.1 Å². The molecule has 0 N–H and O–H groups in total. The fraction of sp³-hybridized carbons (Fsp3) is 0.588. The van der Waals surface area contributed by atoms with Crippen molar-refractivity contribution in [1.82, 2.24) is 9.13 Å². The van der Waals surface area contributed by atoms with Crippen LogP contribution in [0.3, 0.4) is 0 Å². The quantitative estimate of drug-likeness (QED) is 0.472. The van der Waals surface area contributed by atoms with Crippen LogP contribution in [-0.4, -0.2) is 35.6 Å². The van der Waals surface area contributed by atoms with Crippen molar-refractivity contribution in [1.29, 1.82) is 0 Å². The van der Waals surface area contributed by atoms with Crippen LogP contribution < -0.4 is 0 Å². The van der Waals surface area contributed by atoms with E-state index in [1.54, 1.807) is 0 Å². The zero-order valence-corrected chi connectivity index (χ0v) is 15.5. The van der Waals surface area contributed by atoms with Crippen LogP contribution in [0.1, 0.15) is 40.5 Å². The molecule has 0 saturated carbocycles. The summed E-state index contributed by atoms with van der Waals surface area (Å²) in [6.45, 7) is 9.79. The van der Waals surface area contributed by atoms with Gasteiger partial charge in [-0.25, -0.2) is 0 Å². The zero-order chi connectivity index (χ0) is 17.5. The Bertz CT molecular complexity index is 629. The maximum atomic E-state index is 5.75. The van der Waals surface area contributed by atoms with Gasteiger partial charge in [0.2, 0.25) is 12.8 Å². The summed E-state index contributed by atoms with van der Waals surface area (Å²) in [7, 11) is 0. The van der Waals surface area contributed by atoms with E-state index in [1.165, 1.54) is 0 Å². The number of imidazole rings is 1. The molecule has 134 valence electrons. The maximum Gasteiger partial charge on any atom is 0.246 e. The highest BCUT2D eigenvalue weighted by Crippen LogP contribution is 2.27. The van der Waals surface area contributed by atoms with Gasteiger partial charge in [-0.3, -0.25) is 9.13 Å². The largest absolute Gasteiger partial charge is 0.335 e. The van der Waals surface area contributed by atoms with E-state index in [0.29, 0.717) is 31.2 Å². The van der Waals surface area contributed by atoms with Gasteiger partial charge in [-0.1, -0.05) is 12.1 Å². The predicted molar refractivity (Wildman–Crippen MR) is 95.3 cm³/mol. The van der Waals surface area contributed by atoms with Gasteiger partial charge in [0, 0.05) is 26.4 Å². The Labute approximate surface area is 147 Å². The highest BCUT2D eigenvalue weighted by molar-refractivity contribution is 7.71. The molecule has 1 heterocycles. The summed E-state index contributed by atoms with van der Waals surface area (Å²) in [6, 6.07) is 7.90.